The molecule has 0 unspecified atom stereocenters. The van der Waals surface area contributed by atoms with Crippen molar-refractivity contribution in [2.45, 2.75) is 72.1 Å². The number of carboxylic acid groups (broad SMARTS) is 1. The number of rotatable bonds is 10. The predicted molar refractivity (Wildman–Crippen MR) is 73.2 cm³/mol. The maximum Gasteiger partial charge on any atom is 0.328 e. The lowest BCUT2D eigenvalue weighted by Crippen LogP contribution is -1.90. The zero-order valence-corrected chi connectivity index (χ0v) is 11.7. The number of carboxylic acids is 1. The van der Waals surface area contributed by atoms with E-state index in [1.54, 1.807) is 0 Å². The van der Waals surface area contributed by atoms with Gasteiger partial charge in [0.1, 0.15) is 0 Å². The van der Waals surface area contributed by atoms with Crippen LogP contribution in [0, 0.1) is 5.92 Å². The quantitative estimate of drug-likeness (QED) is 0.440. The molecule has 0 aliphatic carbocycles. The van der Waals surface area contributed by atoms with Crippen LogP contribution in [0.4, 0.5) is 0 Å². The lowest BCUT2D eigenvalue weighted by Gasteiger charge is -2.04. The molecule has 0 fully saturated rings. The first-order chi connectivity index (χ1) is 8.02. The Morgan fingerprint density at radius 1 is 1.06 bits per heavy atom. The lowest BCUT2D eigenvalue weighted by molar-refractivity contribution is -0.131. The van der Waals surface area contributed by atoms with E-state index in [4.69, 9.17) is 5.11 Å². The van der Waals surface area contributed by atoms with Crippen molar-refractivity contribution in [2.75, 3.05) is 0 Å². The van der Waals surface area contributed by atoms with Crippen molar-refractivity contribution >= 4 is 5.97 Å². The van der Waals surface area contributed by atoms with Crippen LogP contribution in [-0.2, 0) is 4.79 Å². The molecule has 0 radical (unpaired) electrons. The first-order valence-electron chi connectivity index (χ1n) is 6.92. The average Bonchev–Trinajstić information content (AvgIpc) is 2.20. The van der Waals surface area contributed by atoms with E-state index in [-0.39, 0.29) is 0 Å². The van der Waals surface area contributed by atoms with Crippen LogP contribution in [0.1, 0.15) is 72.1 Å². The fourth-order valence-corrected chi connectivity index (χ4v) is 1.95. The van der Waals surface area contributed by atoms with Crippen molar-refractivity contribution in [1.82, 2.24) is 0 Å². The summed E-state index contributed by atoms with van der Waals surface area (Å²) in [5, 5.41) is 8.55. The SMILES string of the molecule is C/C(=C\C(=O)O)CCCCCCCCC(C)C. The van der Waals surface area contributed by atoms with Gasteiger partial charge in [0.25, 0.3) is 0 Å². The number of allylic oxidation sites excluding steroid dienone is 1. The van der Waals surface area contributed by atoms with Crippen LogP contribution in [0.2, 0.25) is 0 Å². The molecule has 0 atom stereocenters. The summed E-state index contributed by atoms with van der Waals surface area (Å²) in [5.74, 6) is 0.00925. The smallest absolute Gasteiger partial charge is 0.328 e. The van der Waals surface area contributed by atoms with Gasteiger partial charge in [-0.15, -0.1) is 0 Å². The van der Waals surface area contributed by atoms with Crippen molar-refractivity contribution in [3.05, 3.63) is 11.6 Å². The van der Waals surface area contributed by atoms with E-state index in [2.05, 4.69) is 13.8 Å². The highest BCUT2D eigenvalue weighted by Crippen LogP contribution is 2.13. The molecule has 1 N–H and O–H groups in total. The molecule has 0 aromatic rings. The molecule has 0 saturated carbocycles. The highest BCUT2D eigenvalue weighted by molar-refractivity contribution is 5.80. The highest BCUT2D eigenvalue weighted by atomic mass is 16.4. The molecule has 0 bridgehead atoms. The molecular weight excluding hydrogens is 212 g/mol. The van der Waals surface area contributed by atoms with Crippen molar-refractivity contribution in [3.63, 3.8) is 0 Å². The molecule has 0 rings (SSSR count). The molecule has 0 aliphatic rings. The molecule has 0 saturated heterocycles. The molecule has 0 aromatic carbocycles. The molecule has 0 heterocycles. The van der Waals surface area contributed by atoms with Crippen molar-refractivity contribution < 1.29 is 9.90 Å². The molecule has 2 nitrogen and oxygen atoms in total. The van der Waals surface area contributed by atoms with Gasteiger partial charge in [0.15, 0.2) is 0 Å². The summed E-state index contributed by atoms with van der Waals surface area (Å²) >= 11 is 0. The van der Waals surface area contributed by atoms with Gasteiger partial charge < -0.3 is 5.11 Å². The summed E-state index contributed by atoms with van der Waals surface area (Å²) in [4.78, 5) is 10.4. The van der Waals surface area contributed by atoms with E-state index in [9.17, 15) is 4.79 Å². The number of aliphatic carboxylic acids is 1. The Balaban J connectivity index is 3.27. The Hall–Kier alpha value is -0.790. The molecule has 0 amide bonds. The lowest BCUT2D eigenvalue weighted by atomic mass is 10.0. The second-order valence-electron chi connectivity index (χ2n) is 5.38. The van der Waals surface area contributed by atoms with Gasteiger partial charge in [0, 0.05) is 6.08 Å². The topological polar surface area (TPSA) is 37.3 Å². The highest BCUT2D eigenvalue weighted by Gasteiger charge is 1.97. The monoisotopic (exact) mass is 240 g/mol. The van der Waals surface area contributed by atoms with Crippen molar-refractivity contribution in [2.24, 2.45) is 5.92 Å². The minimum absolute atomic E-state index is 0.823. The van der Waals surface area contributed by atoms with Crippen molar-refractivity contribution in [1.29, 1.82) is 0 Å². The summed E-state index contributed by atoms with van der Waals surface area (Å²) < 4.78 is 0. The Morgan fingerprint density at radius 2 is 1.59 bits per heavy atom. The van der Waals surface area contributed by atoms with Crippen LogP contribution in [0.15, 0.2) is 11.6 Å². The van der Waals surface area contributed by atoms with Crippen LogP contribution in [0.5, 0.6) is 0 Å². The minimum Gasteiger partial charge on any atom is -0.478 e. The van der Waals surface area contributed by atoms with Gasteiger partial charge >= 0.3 is 5.97 Å². The van der Waals surface area contributed by atoms with E-state index in [0.717, 1.165) is 24.3 Å². The van der Waals surface area contributed by atoms with E-state index in [0.29, 0.717) is 0 Å². The van der Waals surface area contributed by atoms with Gasteiger partial charge in [-0.25, -0.2) is 4.79 Å². The number of hydrogen-bond acceptors (Lipinski definition) is 1. The average molecular weight is 240 g/mol. The number of hydrogen-bond donors (Lipinski definition) is 1. The normalized spacial score (nSPS) is 12.1. The van der Waals surface area contributed by atoms with Gasteiger partial charge in [-0.05, 0) is 25.7 Å². The number of carbonyl (C=O) groups is 1. The second kappa shape index (κ2) is 10.4. The van der Waals surface area contributed by atoms with E-state index < -0.39 is 5.97 Å². The fourth-order valence-electron chi connectivity index (χ4n) is 1.95. The summed E-state index contributed by atoms with van der Waals surface area (Å²) in [7, 11) is 0. The standard InChI is InChI=1S/C15H28O2/c1-13(2)10-8-6-4-5-7-9-11-14(3)12-15(16)17/h12-13H,4-11H2,1-3H3,(H,16,17)/b14-12+. The largest absolute Gasteiger partial charge is 0.478 e. The first kappa shape index (κ1) is 16.2. The third-order valence-electron chi connectivity index (χ3n) is 2.97. The zero-order chi connectivity index (χ0) is 13.1. The van der Waals surface area contributed by atoms with Gasteiger partial charge in [-0.1, -0.05) is 57.9 Å². The fraction of sp³-hybridized carbons (Fsp3) is 0.800. The Kier molecular flexibility index (Phi) is 9.89. The van der Waals surface area contributed by atoms with Crippen LogP contribution in [0.3, 0.4) is 0 Å². The third kappa shape index (κ3) is 13.1. The van der Waals surface area contributed by atoms with Crippen LogP contribution < -0.4 is 0 Å². The third-order valence-corrected chi connectivity index (χ3v) is 2.97. The van der Waals surface area contributed by atoms with E-state index >= 15 is 0 Å². The predicted octanol–water partition coefficient (Wildman–Crippen LogP) is 4.79. The molecule has 2 heteroatoms. The summed E-state index contributed by atoms with van der Waals surface area (Å²) in [6.45, 7) is 6.45. The maximum atomic E-state index is 10.4. The van der Waals surface area contributed by atoms with E-state index in [1.807, 2.05) is 6.92 Å². The van der Waals surface area contributed by atoms with Crippen LogP contribution >= 0.6 is 0 Å². The van der Waals surface area contributed by atoms with Crippen LogP contribution in [-0.4, -0.2) is 11.1 Å². The molecule has 0 aromatic heterocycles. The van der Waals surface area contributed by atoms with Gasteiger partial charge in [0.05, 0.1) is 0 Å². The summed E-state index contributed by atoms with van der Waals surface area (Å²) in [6.07, 6.45) is 11.3. The molecular formula is C15H28O2. The molecule has 100 valence electrons. The maximum absolute atomic E-state index is 10.4. The zero-order valence-electron chi connectivity index (χ0n) is 11.7. The van der Waals surface area contributed by atoms with Gasteiger partial charge in [-0.2, -0.15) is 0 Å². The van der Waals surface area contributed by atoms with Gasteiger partial charge in [-0.3, -0.25) is 0 Å². The minimum atomic E-state index is -0.823. The van der Waals surface area contributed by atoms with E-state index in [1.165, 1.54) is 44.6 Å². The molecule has 17 heavy (non-hydrogen) atoms. The molecule has 0 aliphatic heterocycles. The second-order valence-corrected chi connectivity index (χ2v) is 5.38. The van der Waals surface area contributed by atoms with Crippen molar-refractivity contribution in [3.8, 4) is 0 Å². The molecule has 0 spiro atoms. The van der Waals surface area contributed by atoms with Crippen LogP contribution in [0.25, 0.3) is 0 Å². The summed E-state index contributed by atoms with van der Waals surface area (Å²) in [5.41, 5.74) is 0.984. The first-order valence-corrected chi connectivity index (χ1v) is 6.92. The van der Waals surface area contributed by atoms with Gasteiger partial charge in [0.2, 0.25) is 0 Å². The Bertz CT molecular complexity index is 229. The Morgan fingerprint density at radius 3 is 2.12 bits per heavy atom. The number of unbranched alkanes of at least 4 members (excludes halogenated alkanes) is 5. The summed E-state index contributed by atoms with van der Waals surface area (Å²) in [6, 6.07) is 0. The Labute approximate surface area is 106 Å².